The Balaban J connectivity index is 2.00. The van der Waals surface area contributed by atoms with Crippen molar-refractivity contribution in [1.82, 2.24) is 0 Å². The summed E-state index contributed by atoms with van der Waals surface area (Å²) < 4.78 is 5.98. The van der Waals surface area contributed by atoms with Crippen LogP contribution in [0.4, 0.5) is 11.4 Å². The molecule has 114 valence electrons. The number of nitrogens with one attached hydrogen (secondary N) is 1. The molecule has 7 heteroatoms. The van der Waals surface area contributed by atoms with Crippen molar-refractivity contribution >= 4 is 33.2 Å². The first kappa shape index (κ1) is 16.0. The van der Waals surface area contributed by atoms with Crippen LogP contribution in [0, 0.1) is 17.0 Å². The first-order valence-corrected chi connectivity index (χ1v) is 7.19. The molecule has 0 unspecified atom stereocenters. The number of anilines is 1. The van der Waals surface area contributed by atoms with E-state index in [0.29, 0.717) is 5.69 Å². The summed E-state index contributed by atoms with van der Waals surface area (Å²) in [4.78, 5) is 22.2. The largest absolute Gasteiger partial charge is 0.477 e. The van der Waals surface area contributed by atoms with E-state index in [4.69, 9.17) is 4.74 Å². The van der Waals surface area contributed by atoms with E-state index in [1.807, 2.05) is 19.1 Å². The van der Waals surface area contributed by atoms with Gasteiger partial charge in [-0.3, -0.25) is 14.9 Å². The van der Waals surface area contributed by atoms with Crippen molar-refractivity contribution in [3.8, 4) is 5.75 Å². The molecule has 0 fully saturated rings. The quantitative estimate of drug-likeness (QED) is 0.647. The van der Waals surface area contributed by atoms with Crippen molar-refractivity contribution in [2.75, 3.05) is 11.9 Å². The van der Waals surface area contributed by atoms with E-state index in [0.717, 1.165) is 10.0 Å². The number of nitrogens with zero attached hydrogens (tertiary/aromatic N) is 1. The Morgan fingerprint density at radius 3 is 2.73 bits per heavy atom. The summed E-state index contributed by atoms with van der Waals surface area (Å²) in [5.74, 6) is -0.340. The molecule has 0 radical (unpaired) electrons. The Morgan fingerprint density at radius 2 is 2.05 bits per heavy atom. The minimum absolute atomic E-state index is 0.0608. The van der Waals surface area contributed by atoms with E-state index in [2.05, 4.69) is 21.2 Å². The molecule has 22 heavy (non-hydrogen) atoms. The zero-order valence-electron chi connectivity index (χ0n) is 11.7. The molecule has 0 aliphatic rings. The van der Waals surface area contributed by atoms with Gasteiger partial charge in [0.2, 0.25) is 0 Å². The fourth-order valence-electron chi connectivity index (χ4n) is 1.78. The van der Waals surface area contributed by atoms with Crippen LogP contribution >= 0.6 is 15.9 Å². The average Bonchev–Trinajstić information content (AvgIpc) is 2.48. The second-order valence-electron chi connectivity index (χ2n) is 4.54. The van der Waals surface area contributed by atoms with E-state index in [-0.39, 0.29) is 18.0 Å². The number of nitro benzene ring substituents is 1. The van der Waals surface area contributed by atoms with Crippen LogP contribution in [-0.2, 0) is 4.79 Å². The highest BCUT2D eigenvalue weighted by Crippen LogP contribution is 2.26. The van der Waals surface area contributed by atoms with E-state index in [1.165, 1.54) is 18.2 Å². The number of hydrogen-bond acceptors (Lipinski definition) is 4. The fourth-order valence-corrected chi connectivity index (χ4v) is 2.37. The molecule has 0 bridgehead atoms. The van der Waals surface area contributed by atoms with Crippen molar-refractivity contribution in [3.63, 3.8) is 0 Å². The third-order valence-corrected chi connectivity index (χ3v) is 3.48. The Hall–Kier alpha value is -2.41. The van der Waals surface area contributed by atoms with Gasteiger partial charge in [-0.25, -0.2) is 0 Å². The number of carbonyl (C=O) groups excluding carboxylic acids is 1. The highest BCUT2D eigenvalue weighted by atomic mass is 79.9. The molecule has 0 aromatic heterocycles. The van der Waals surface area contributed by atoms with Crippen LogP contribution < -0.4 is 10.1 Å². The predicted octanol–water partition coefficient (Wildman–Crippen LogP) is 3.68. The number of hydrogen-bond donors (Lipinski definition) is 1. The van der Waals surface area contributed by atoms with Gasteiger partial charge in [0.25, 0.3) is 5.91 Å². The average molecular weight is 365 g/mol. The molecule has 1 amide bonds. The van der Waals surface area contributed by atoms with Gasteiger partial charge in [-0.2, -0.15) is 0 Å². The number of nitro groups is 1. The lowest BCUT2D eigenvalue weighted by atomic mass is 10.2. The Labute approximate surface area is 135 Å². The van der Waals surface area contributed by atoms with E-state index in [9.17, 15) is 14.9 Å². The molecule has 2 rings (SSSR count). The summed E-state index contributed by atoms with van der Waals surface area (Å²) >= 11 is 3.36. The van der Waals surface area contributed by atoms with E-state index in [1.54, 1.807) is 12.1 Å². The summed E-state index contributed by atoms with van der Waals surface area (Å²) in [6.07, 6.45) is 0. The van der Waals surface area contributed by atoms with Crippen molar-refractivity contribution in [3.05, 3.63) is 62.6 Å². The maximum absolute atomic E-state index is 11.9. The number of amides is 1. The van der Waals surface area contributed by atoms with Crippen molar-refractivity contribution in [2.45, 2.75) is 6.92 Å². The van der Waals surface area contributed by atoms with Gasteiger partial charge in [0.1, 0.15) is 0 Å². The van der Waals surface area contributed by atoms with Gasteiger partial charge < -0.3 is 10.1 Å². The lowest BCUT2D eigenvalue weighted by Gasteiger charge is -2.09. The number of para-hydroxylation sites is 2. The summed E-state index contributed by atoms with van der Waals surface area (Å²) in [6, 6.07) is 11.4. The van der Waals surface area contributed by atoms with Crippen molar-refractivity contribution in [2.24, 2.45) is 0 Å². The Bertz CT molecular complexity index is 718. The van der Waals surface area contributed by atoms with Crippen LogP contribution in [0.2, 0.25) is 0 Å². The fraction of sp³-hybridized carbons (Fsp3) is 0.133. The molecule has 0 saturated heterocycles. The summed E-state index contributed by atoms with van der Waals surface area (Å²) in [7, 11) is 0. The van der Waals surface area contributed by atoms with Crippen LogP contribution in [0.5, 0.6) is 5.75 Å². The monoisotopic (exact) mass is 364 g/mol. The lowest BCUT2D eigenvalue weighted by Crippen LogP contribution is -2.20. The highest BCUT2D eigenvalue weighted by molar-refractivity contribution is 9.10. The first-order valence-electron chi connectivity index (χ1n) is 6.39. The molecule has 0 aliphatic heterocycles. The lowest BCUT2D eigenvalue weighted by molar-refractivity contribution is -0.385. The van der Waals surface area contributed by atoms with E-state index < -0.39 is 10.8 Å². The van der Waals surface area contributed by atoms with Gasteiger partial charge in [0, 0.05) is 10.5 Å². The molecule has 0 aliphatic carbocycles. The molecule has 0 spiro atoms. The summed E-state index contributed by atoms with van der Waals surface area (Å²) in [5, 5.41) is 13.5. The van der Waals surface area contributed by atoms with Crippen LogP contribution in [0.1, 0.15) is 5.56 Å². The third-order valence-electron chi connectivity index (χ3n) is 2.82. The second-order valence-corrected chi connectivity index (χ2v) is 5.40. The zero-order chi connectivity index (χ0) is 16.1. The van der Waals surface area contributed by atoms with Gasteiger partial charge in [-0.05, 0) is 46.6 Å². The zero-order valence-corrected chi connectivity index (χ0v) is 13.3. The molecule has 0 heterocycles. The van der Waals surface area contributed by atoms with Gasteiger partial charge in [0.15, 0.2) is 12.4 Å². The molecule has 2 aromatic rings. The smallest absolute Gasteiger partial charge is 0.310 e. The normalized spacial score (nSPS) is 10.1. The van der Waals surface area contributed by atoms with Gasteiger partial charge in [0.05, 0.1) is 10.6 Å². The Kier molecular flexibility index (Phi) is 5.11. The van der Waals surface area contributed by atoms with Crippen molar-refractivity contribution < 1.29 is 14.5 Å². The molecular weight excluding hydrogens is 352 g/mol. The topological polar surface area (TPSA) is 81.5 Å². The first-order chi connectivity index (χ1) is 10.5. The van der Waals surface area contributed by atoms with Crippen LogP contribution in [-0.4, -0.2) is 17.4 Å². The van der Waals surface area contributed by atoms with Gasteiger partial charge in [-0.15, -0.1) is 0 Å². The third kappa shape index (κ3) is 4.05. The second kappa shape index (κ2) is 7.04. The number of halogens is 1. The standard InChI is InChI=1S/C15H13BrN2O4/c1-10-6-7-12(11(16)8-10)17-15(19)9-22-14-5-3-2-4-13(14)18(20)21/h2-8H,9H2,1H3,(H,17,19). The maximum Gasteiger partial charge on any atom is 0.310 e. The number of aryl methyl sites for hydroxylation is 1. The van der Waals surface area contributed by atoms with Crippen molar-refractivity contribution in [1.29, 1.82) is 0 Å². The Morgan fingerprint density at radius 1 is 1.32 bits per heavy atom. The SMILES string of the molecule is Cc1ccc(NC(=O)COc2ccccc2[N+](=O)[O-])c(Br)c1. The van der Waals surface area contributed by atoms with Crippen LogP contribution in [0.25, 0.3) is 0 Å². The maximum atomic E-state index is 11.9. The van der Waals surface area contributed by atoms with Crippen LogP contribution in [0.3, 0.4) is 0 Å². The predicted molar refractivity (Wildman–Crippen MR) is 86.1 cm³/mol. The molecule has 6 nitrogen and oxygen atoms in total. The van der Waals surface area contributed by atoms with Crippen LogP contribution in [0.15, 0.2) is 46.9 Å². The highest BCUT2D eigenvalue weighted by Gasteiger charge is 2.15. The summed E-state index contributed by atoms with van der Waals surface area (Å²) in [6.45, 7) is 1.62. The summed E-state index contributed by atoms with van der Waals surface area (Å²) in [5.41, 5.74) is 1.50. The molecule has 0 saturated carbocycles. The minimum atomic E-state index is -0.552. The molecule has 0 atom stereocenters. The number of rotatable bonds is 5. The molecule has 1 N–H and O–H groups in total. The number of benzene rings is 2. The number of carbonyl (C=O) groups is 1. The molecular formula is C15H13BrN2O4. The van der Waals surface area contributed by atoms with E-state index >= 15 is 0 Å². The minimum Gasteiger partial charge on any atom is -0.477 e. The van der Waals surface area contributed by atoms with Gasteiger partial charge >= 0.3 is 5.69 Å². The molecule has 2 aromatic carbocycles. The number of ether oxygens (including phenoxy) is 1. The van der Waals surface area contributed by atoms with Gasteiger partial charge in [-0.1, -0.05) is 18.2 Å².